The number of hydrogen-bond donors (Lipinski definition) is 4. The Bertz CT molecular complexity index is 1270. The molecular weight excluding hydrogens is 810 g/mol. The van der Waals surface area contributed by atoms with Crippen LogP contribution in [0.15, 0.2) is 36.5 Å². The van der Waals surface area contributed by atoms with Crippen LogP contribution in [0.25, 0.3) is 0 Å². The normalized spacial score (nSPS) is 18.9. The lowest BCUT2D eigenvalue weighted by Crippen LogP contribution is -2.29. The largest absolute Gasteiger partial charge is 0.472 e. The highest BCUT2D eigenvalue weighted by atomic mass is 31.2. The molecule has 360 valence electrons. The average molecular weight is 898 g/mol. The number of hydrogen-bond acceptors (Lipinski definition) is 11. The molecule has 62 heavy (non-hydrogen) atoms. The zero-order chi connectivity index (χ0) is 45.5. The number of carbonyl (C=O) groups is 3. The van der Waals surface area contributed by atoms with Gasteiger partial charge in [0, 0.05) is 37.6 Å². The number of nitrogens with two attached hydrogens (primary N) is 1. The van der Waals surface area contributed by atoms with Gasteiger partial charge in [-0.25, -0.2) is 4.57 Å². The first-order valence-electron chi connectivity index (χ1n) is 24.6. The second kappa shape index (κ2) is 39.2. The third-order valence-electron chi connectivity index (χ3n) is 11.4. The van der Waals surface area contributed by atoms with Gasteiger partial charge < -0.3 is 30.3 Å². The highest BCUT2D eigenvalue weighted by Crippen LogP contribution is 2.43. The zero-order valence-electron chi connectivity index (χ0n) is 38.8. The van der Waals surface area contributed by atoms with Gasteiger partial charge >= 0.3 is 19.8 Å². The Morgan fingerprint density at radius 3 is 1.87 bits per heavy atom. The van der Waals surface area contributed by atoms with E-state index < -0.39 is 44.7 Å². The van der Waals surface area contributed by atoms with Gasteiger partial charge in [-0.15, -0.1) is 0 Å². The molecule has 1 fully saturated rings. The summed E-state index contributed by atoms with van der Waals surface area (Å²) in [5.74, 6) is -1.76. The first kappa shape index (κ1) is 57.8. The van der Waals surface area contributed by atoms with Crippen molar-refractivity contribution in [3.05, 3.63) is 36.5 Å². The number of Topliss-reactive ketones (excluding diaryl/α,β-unsaturated/α-hetero) is 1. The molecule has 1 unspecified atom stereocenters. The summed E-state index contributed by atoms with van der Waals surface area (Å²) in [6.07, 6.45) is 38.2. The van der Waals surface area contributed by atoms with Crippen molar-refractivity contribution >= 4 is 25.5 Å². The molecule has 0 bridgehead atoms. The van der Waals surface area contributed by atoms with Crippen molar-refractivity contribution in [2.24, 2.45) is 17.6 Å². The molecule has 0 aromatic carbocycles. The Morgan fingerprint density at radius 2 is 1.26 bits per heavy atom. The van der Waals surface area contributed by atoms with E-state index in [1.54, 1.807) is 12.2 Å². The second-order valence-electron chi connectivity index (χ2n) is 17.1. The fraction of sp³-hybridized carbons (Fsp3) is 0.816. The maximum absolute atomic E-state index is 12.7. The molecule has 13 heteroatoms. The molecule has 0 heterocycles. The number of ether oxygens (including phenoxy) is 2. The van der Waals surface area contributed by atoms with E-state index in [2.05, 4.69) is 26.0 Å². The number of aliphatic hydroxyl groups is 2. The van der Waals surface area contributed by atoms with Crippen LogP contribution in [0.2, 0.25) is 0 Å². The third kappa shape index (κ3) is 32.5. The molecule has 0 aromatic heterocycles. The van der Waals surface area contributed by atoms with Crippen LogP contribution in [-0.2, 0) is 37.5 Å². The van der Waals surface area contributed by atoms with Crippen LogP contribution in [0.3, 0.4) is 0 Å². The fourth-order valence-corrected chi connectivity index (χ4v) is 8.38. The molecule has 1 aliphatic carbocycles. The van der Waals surface area contributed by atoms with Crippen LogP contribution in [0.5, 0.6) is 0 Å². The van der Waals surface area contributed by atoms with E-state index in [9.17, 15) is 34.1 Å². The van der Waals surface area contributed by atoms with Crippen molar-refractivity contribution in [1.82, 2.24) is 0 Å². The number of aliphatic hydroxyl groups excluding tert-OH is 2. The number of phosphoric ester groups is 1. The number of rotatable bonds is 42. The number of carbonyl (C=O) groups excluding carboxylic acids is 3. The smallest absolute Gasteiger partial charge is 0.462 e. The van der Waals surface area contributed by atoms with Gasteiger partial charge in [0.15, 0.2) is 6.10 Å². The molecule has 0 radical (unpaired) electrons. The van der Waals surface area contributed by atoms with Gasteiger partial charge in [0.2, 0.25) is 0 Å². The Kier molecular flexibility index (Phi) is 36.6. The van der Waals surface area contributed by atoms with Crippen LogP contribution < -0.4 is 5.73 Å². The van der Waals surface area contributed by atoms with Crippen LogP contribution >= 0.6 is 7.82 Å². The summed E-state index contributed by atoms with van der Waals surface area (Å²) in [6.45, 7) is 3.33. The van der Waals surface area contributed by atoms with E-state index in [4.69, 9.17) is 24.3 Å². The highest BCUT2D eigenvalue weighted by molar-refractivity contribution is 7.47. The van der Waals surface area contributed by atoms with Gasteiger partial charge in [-0.1, -0.05) is 159 Å². The van der Waals surface area contributed by atoms with E-state index >= 15 is 0 Å². The van der Waals surface area contributed by atoms with Gasteiger partial charge in [-0.3, -0.25) is 23.4 Å². The van der Waals surface area contributed by atoms with Crippen molar-refractivity contribution in [1.29, 1.82) is 0 Å². The van der Waals surface area contributed by atoms with E-state index in [1.807, 2.05) is 12.2 Å². The molecule has 0 spiro atoms. The lowest BCUT2D eigenvalue weighted by atomic mass is 9.90. The predicted octanol–water partition coefficient (Wildman–Crippen LogP) is 11.1. The number of unbranched alkanes of at least 4 members (excludes halogenated alkanes) is 20. The standard InChI is InChI=1S/C49H88NO11P/c1-3-5-7-8-9-10-11-12-13-14-15-16-17-18-19-20-21-22-23-24-29-33-48(54)58-40-43(41-60-62(56,57)59-38-37-50)61-49(55)34-30-26-25-28-32-44-45(47(53)39-46(44)52)36-35-42(51)31-27-6-4-2/h12-13,25,28,35-36,42-45,47,51,53H,3-11,14-24,26-27,29-34,37-41,50H2,1-2H3,(H,56,57)/b13-12-,28-25-,36-35+/t42-,43+,44+,45+,47+/m0/s1. The lowest BCUT2D eigenvalue weighted by Gasteiger charge is -2.19. The zero-order valence-corrected chi connectivity index (χ0v) is 39.7. The Balaban J connectivity index is 2.31. The lowest BCUT2D eigenvalue weighted by molar-refractivity contribution is -0.161. The summed E-state index contributed by atoms with van der Waals surface area (Å²) in [7, 11) is -4.46. The summed E-state index contributed by atoms with van der Waals surface area (Å²) < 4.78 is 32.8. The topological polar surface area (TPSA) is 192 Å². The van der Waals surface area contributed by atoms with Gasteiger partial charge in [0.25, 0.3) is 0 Å². The van der Waals surface area contributed by atoms with Gasteiger partial charge in [-0.05, 0) is 57.8 Å². The second-order valence-corrected chi connectivity index (χ2v) is 18.6. The Hall–Kier alpha value is -2.18. The number of esters is 2. The minimum absolute atomic E-state index is 0.00905. The minimum Gasteiger partial charge on any atom is -0.462 e. The van der Waals surface area contributed by atoms with Gasteiger partial charge in [0.05, 0.1) is 25.4 Å². The predicted molar refractivity (Wildman–Crippen MR) is 248 cm³/mol. The van der Waals surface area contributed by atoms with E-state index in [0.29, 0.717) is 32.1 Å². The van der Waals surface area contributed by atoms with Crippen molar-refractivity contribution in [2.75, 3.05) is 26.4 Å². The summed E-state index contributed by atoms with van der Waals surface area (Å²) in [4.78, 5) is 47.7. The van der Waals surface area contributed by atoms with Crippen molar-refractivity contribution in [3.63, 3.8) is 0 Å². The summed E-state index contributed by atoms with van der Waals surface area (Å²) in [6, 6.07) is 0. The van der Waals surface area contributed by atoms with Crippen molar-refractivity contribution in [2.45, 2.75) is 218 Å². The molecule has 0 saturated heterocycles. The van der Waals surface area contributed by atoms with E-state index in [-0.39, 0.29) is 56.6 Å². The Labute approximate surface area is 375 Å². The third-order valence-corrected chi connectivity index (χ3v) is 12.4. The maximum atomic E-state index is 12.7. The summed E-state index contributed by atoms with van der Waals surface area (Å²) >= 11 is 0. The Morgan fingerprint density at radius 1 is 0.726 bits per heavy atom. The molecule has 0 aromatic rings. The average Bonchev–Trinajstić information content (AvgIpc) is 3.52. The molecule has 6 atom stereocenters. The number of allylic oxidation sites excluding steroid dienone is 4. The fourth-order valence-electron chi connectivity index (χ4n) is 7.61. The van der Waals surface area contributed by atoms with Crippen LogP contribution in [0, 0.1) is 11.8 Å². The first-order chi connectivity index (χ1) is 30.0. The van der Waals surface area contributed by atoms with E-state index in [0.717, 1.165) is 38.5 Å². The highest BCUT2D eigenvalue weighted by Gasteiger charge is 2.39. The SMILES string of the molecule is CCCCCCCC/C=C\CCCCCCCCCCCCCC(=O)OC[C@H](COP(=O)(O)OCCN)OC(=O)CCC/C=C\C[C@H]1C(=O)C[C@@H](O)[C@@H]1/C=C/[C@@H](O)CCCCC. The van der Waals surface area contributed by atoms with Crippen LogP contribution in [0.4, 0.5) is 0 Å². The van der Waals surface area contributed by atoms with Gasteiger partial charge in [0.1, 0.15) is 12.4 Å². The van der Waals surface area contributed by atoms with Crippen LogP contribution in [-0.4, -0.2) is 77.5 Å². The monoisotopic (exact) mass is 898 g/mol. The molecular formula is C49H88NO11P. The van der Waals surface area contributed by atoms with Crippen molar-refractivity contribution < 1.29 is 52.6 Å². The van der Waals surface area contributed by atoms with Gasteiger partial charge in [-0.2, -0.15) is 0 Å². The number of phosphoric acid groups is 1. The maximum Gasteiger partial charge on any atom is 0.472 e. The molecule has 1 saturated carbocycles. The number of ketones is 1. The summed E-state index contributed by atoms with van der Waals surface area (Å²) in [5, 5.41) is 20.7. The molecule has 12 nitrogen and oxygen atoms in total. The first-order valence-corrected chi connectivity index (χ1v) is 26.1. The molecule has 1 aliphatic rings. The van der Waals surface area contributed by atoms with Crippen LogP contribution in [0.1, 0.15) is 200 Å². The quantitative estimate of drug-likeness (QED) is 0.0196. The molecule has 1 rings (SSSR count). The van der Waals surface area contributed by atoms with Crippen molar-refractivity contribution in [3.8, 4) is 0 Å². The van der Waals surface area contributed by atoms with E-state index in [1.165, 1.54) is 96.3 Å². The molecule has 0 aliphatic heterocycles. The molecule has 0 amide bonds. The molecule has 5 N–H and O–H groups in total. The minimum atomic E-state index is -4.46. The summed E-state index contributed by atoms with van der Waals surface area (Å²) in [5.41, 5.74) is 5.35.